The van der Waals surface area contributed by atoms with E-state index < -0.39 is 0 Å². The van der Waals surface area contributed by atoms with Gasteiger partial charge < -0.3 is 15.0 Å². The van der Waals surface area contributed by atoms with E-state index in [-0.39, 0.29) is 18.2 Å². The second-order valence-electron chi connectivity index (χ2n) is 7.72. The highest BCUT2D eigenvalue weighted by Crippen LogP contribution is 2.36. The van der Waals surface area contributed by atoms with Crippen LogP contribution in [0.25, 0.3) is 10.2 Å². The summed E-state index contributed by atoms with van der Waals surface area (Å²) in [5.41, 5.74) is 1.36. The average molecular weight is 513 g/mol. The van der Waals surface area contributed by atoms with Crippen molar-refractivity contribution in [2.75, 3.05) is 18.4 Å². The standard InChI is InChI=1S/C24H18Cl2N4O3S/c25-15-3-5-21(28-13-15)29-22(31)10-14-2-4-16(11-17(14)26)33-19-6-7-27-18-12-20(34-23(18)19)24(32)30-8-1-9-30/h2-7,11-13H,1,8-10H2,(H,28,29,31). The molecule has 1 aliphatic heterocycles. The molecule has 0 bridgehead atoms. The Hall–Kier alpha value is -3.20. The predicted molar refractivity (Wildman–Crippen MR) is 133 cm³/mol. The van der Waals surface area contributed by atoms with Gasteiger partial charge in [-0.25, -0.2) is 4.98 Å². The van der Waals surface area contributed by atoms with Gasteiger partial charge in [-0.3, -0.25) is 14.6 Å². The molecule has 0 spiro atoms. The lowest BCUT2D eigenvalue weighted by molar-refractivity contribution is -0.115. The maximum Gasteiger partial charge on any atom is 0.264 e. The van der Waals surface area contributed by atoms with Crippen LogP contribution in [0.3, 0.4) is 0 Å². The van der Waals surface area contributed by atoms with Gasteiger partial charge in [-0.15, -0.1) is 11.3 Å². The maximum absolute atomic E-state index is 12.6. The van der Waals surface area contributed by atoms with E-state index in [0.717, 1.165) is 24.2 Å². The Bertz CT molecular complexity index is 1390. The van der Waals surface area contributed by atoms with E-state index >= 15 is 0 Å². The number of likely N-dealkylation sites (tertiary alicyclic amines) is 1. The molecule has 1 saturated heterocycles. The molecule has 4 heterocycles. The fraction of sp³-hybridized carbons (Fsp3) is 0.167. The van der Waals surface area contributed by atoms with Crippen LogP contribution in [0.15, 0.2) is 54.9 Å². The molecule has 3 aromatic heterocycles. The number of hydrogen-bond donors (Lipinski definition) is 1. The number of carbonyl (C=O) groups is 2. The monoisotopic (exact) mass is 512 g/mol. The van der Waals surface area contributed by atoms with Crippen molar-refractivity contribution in [1.82, 2.24) is 14.9 Å². The number of benzene rings is 1. The Labute approximate surface area is 209 Å². The molecule has 7 nitrogen and oxygen atoms in total. The van der Waals surface area contributed by atoms with Gasteiger partial charge in [0.05, 0.1) is 26.5 Å². The van der Waals surface area contributed by atoms with Crippen molar-refractivity contribution in [3.8, 4) is 11.5 Å². The predicted octanol–water partition coefficient (Wildman–Crippen LogP) is 5.82. The third kappa shape index (κ3) is 4.84. The topological polar surface area (TPSA) is 84.4 Å². The second kappa shape index (κ2) is 9.58. The van der Waals surface area contributed by atoms with Gasteiger partial charge in [-0.1, -0.05) is 29.3 Å². The number of anilines is 1. The molecule has 1 fully saturated rings. The smallest absolute Gasteiger partial charge is 0.264 e. The van der Waals surface area contributed by atoms with Crippen LogP contribution in [0.4, 0.5) is 5.82 Å². The van der Waals surface area contributed by atoms with Gasteiger partial charge in [0.2, 0.25) is 5.91 Å². The summed E-state index contributed by atoms with van der Waals surface area (Å²) < 4.78 is 6.86. The molecular formula is C24H18Cl2N4O3S. The third-order valence-corrected chi connectivity index (χ3v) is 7.03. The zero-order chi connectivity index (χ0) is 23.7. The molecule has 34 heavy (non-hydrogen) atoms. The molecule has 1 aliphatic rings. The zero-order valence-electron chi connectivity index (χ0n) is 17.8. The summed E-state index contributed by atoms with van der Waals surface area (Å²) in [4.78, 5) is 35.8. The number of hydrogen-bond acceptors (Lipinski definition) is 6. The number of carbonyl (C=O) groups excluding carboxylic acids is 2. The van der Waals surface area contributed by atoms with Gasteiger partial charge in [0.25, 0.3) is 5.91 Å². The van der Waals surface area contributed by atoms with E-state index in [2.05, 4.69) is 15.3 Å². The molecule has 172 valence electrons. The molecule has 10 heteroatoms. The van der Waals surface area contributed by atoms with Crippen LogP contribution in [0, 0.1) is 0 Å². The summed E-state index contributed by atoms with van der Waals surface area (Å²) in [5, 5.41) is 3.61. The SMILES string of the molecule is O=C(Cc1ccc(Oc2ccnc3cc(C(=O)N4CCC4)sc23)cc1Cl)Nc1ccc(Cl)cn1. The molecule has 4 aromatic rings. The molecule has 0 atom stereocenters. The number of nitrogens with one attached hydrogen (secondary N) is 1. The second-order valence-corrected chi connectivity index (χ2v) is 9.62. The van der Waals surface area contributed by atoms with Crippen molar-refractivity contribution in [3.05, 3.63) is 75.3 Å². The van der Waals surface area contributed by atoms with Crippen molar-refractivity contribution in [2.45, 2.75) is 12.8 Å². The minimum Gasteiger partial charge on any atom is -0.456 e. The minimum absolute atomic E-state index is 0.0275. The summed E-state index contributed by atoms with van der Waals surface area (Å²) in [7, 11) is 0. The lowest BCUT2D eigenvalue weighted by atomic mass is 10.1. The number of thiophene rings is 1. The van der Waals surface area contributed by atoms with E-state index in [1.54, 1.807) is 48.7 Å². The van der Waals surface area contributed by atoms with Gasteiger partial charge in [-0.2, -0.15) is 0 Å². The van der Waals surface area contributed by atoms with E-state index in [4.69, 9.17) is 27.9 Å². The normalized spacial score (nSPS) is 12.9. The fourth-order valence-corrected chi connectivity index (χ4v) is 4.83. The fourth-order valence-electron chi connectivity index (χ4n) is 3.45. The average Bonchev–Trinajstić information content (AvgIpc) is 3.22. The number of pyridine rings is 2. The van der Waals surface area contributed by atoms with Crippen LogP contribution in [-0.4, -0.2) is 39.8 Å². The summed E-state index contributed by atoms with van der Waals surface area (Å²) in [6.45, 7) is 1.59. The first-order valence-electron chi connectivity index (χ1n) is 10.5. The molecule has 0 radical (unpaired) electrons. The van der Waals surface area contributed by atoms with E-state index in [0.29, 0.717) is 43.3 Å². The molecule has 0 saturated carbocycles. The molecule has 1 aromatic carbocycles. The van der Waals surface area contributed by atoms with Gasteiger partial charge in [0.15, 0.2) is 0 Å². The zero-order valence-corrected chi connectivity index (χ0v) is 20.1. The van der Waals surface area contributed by atoms with E-state index in [1.807, 2.05) is 4.90 Å². The quantitative estimate of drug-likeness (QED) is 0.352. The Morgan fingerprint density at radius 3 is 2.65 bits per heavy atom. The Kier molecular flexibility index (Phi) is 6.36. The molecule has 5 rings (SSSR count). The van der Waals surface area contributed by atoms with Gasteiger partial charge in [0, 0.05) is 36.6 Å². The van der Waals surface area contributed by atoms with E-state index in [1.165, 1.54) is 17.5 Å². The summed E-state index contributed by atoms with van der Waals surface area (Å²) in [6.07, 6.45) is 4.23. The largest absolute Gasteiger partial charge is 0.456 e. The van der Waals surface area contributed by atoms with Crippen molar-refractivity contribution in [1.29, 1.82) is 0 Å². The van der Waals surface area contributed by atoms with Crippen LogP contribution in [-0.2, 0) is 11.2 Å². The number of fused-ring (bicyclic) bond motifs is 1. The van der Waals surface area contributed by atoms with Gasteiger partial charge >= 0.3 is 0 Å². The summed E-state index contributed by atoms with van der Waals surface area (Å²) >= 11 is 13.6. The van der Waals surface area contributed by atoms with Crippen LogP contribution < -0.4 is 10.1 Å². The van der Waals surface area contributed by atoms with Crippen LogP contribution in [0.1, 0.15) is 21.7 Å². The number of amides is 2. The first-order valence-corrected chi connectivity index (χ1v) is 12.1. The number of aromatic nitrogens is 2. The molecule has 1 N–H and O–H groups in total. The Balaban J connectivity index is 1.30. The lowest BCUT2D eigenvalue weighted by Crippen LogP contribution is -2.41. The van der Waals surface area contributed by atoms with Crippen molar-refractivity contribution < 1.29 is 14.3 Å². The summed E-state index contributed by atoms with van der Waals surface area (Å²) in [5.74, 6) is 1.30. The van der Waals surface area contributed by atoms with Gasteiger partial charge in [0.1, 0.15) is 17.3 Å². The highest BCUT2D eigenvalue weighted by Gasteiger charge is 2.24. The van der Waals surface area contributed by atoms with Crippen molar-refractivity contribution >= 4 is 62.4 Å². The van der Waals surface area contributed by atoms with Gasteiger partial charge in [-0.05, 0) is 42.3 Å². The molecule has 2 amide bonds. The van der Waals surface area contributed by atoms with Crippen molar-refractivity contribution in [2.24, 2.45) is 0 Å². The minimum atomic E-state index is -0.251. The van der Waals surface area contributed by atoms with Crippen LogP contribution >= 0.6 is 34.5 Å². The third-order valence-electron chi connectivity index (χ3n) is 5.33. The van der Waals surface area contributed by atoms with E-state index in [9.17, 15) is 9.59 Å². The first-order chi connectivity index (χ1) is 16.5. The van der Waals surface area contributed by atoms with Crippen LogP contribution in [0.2, 0.25) is 10.0 Å². The number of halogens is 2. The first kappa shape index (κ1) is 22.6. The number of rotatable bonds is 6. The highest BCUT2D eigenvalue weighted by atomic mass is 35.5. The number of nitrogens with zero attached hydrogens (tertiary/aromatic N) is 3. The maximum atomic E-state index is 12.6. The number of ether oxygens (including phenoxy) is 1. The lowest BCUT2D eigenvalue weighted by Gasteiger charge is -2.30. The molecule has 0 aliphatic carbocycles. The Morgan fingerprint density at radius 2 is 1.94 bits per heavy atom. The summed E-state index contributed by atoms with van der Waals surface area (Å²) in [6, 6.07) is 12.0. The molecular weight excluding hydrogens is 495 g/mol. The van der Waals surface area contributed by atoms with Crippen molar-refractivity contribution in [3.63, 3.8) is 0 Å². The Morgan fingerprint density at radius 1 is 1.09 bits per heavy atom. The highest BCUT2D eigenvalue weighted by molar-refractivity contribution is 7.21. The van der Waals surface area contributed by atoms with Crippen LogP contribution in [0.5, 0.6) is 11.5 Å². The molecule has 0 unspecified atom stereocenters.